The smallest absolute Gasteiger partial charge is 0.153 e. The van der Waals surface area contributed by atoms with E-state index in [1.165, 1.54) is 0 Å². The third-order valence-corrected chi connectivity index (χ3v) is 3.72. The monoisotopic (exact) mass is 321 g/mol. The Balaban J connectivity index is 1.90. The zero-order valence-corrected chi connectivity index (χ0v) is 13.7. The number of para-hydroxylation sites is 1. The van der Waals surface area contributed by atoms with Crippen LogP contribution in [-0.2, 0) is 6.61 Å². The molecule has 0 atom stereocenters. The second kappa shape index (κ2) is 7.08. The molecule has 0 bridgehead atoms. The minimum atomic E-state index is 0.238. The van der Waals surface area contributed by atoms with Crippen LogP contribution < -0.4 is 4.74 Å². The minimum Gasteiger partial charge on any atom is -0.488 e. The molecule has 0 radical (unpaired) electrons. The van der Waals surface area contributed by atoms with Gasteiger partial charge in [-0.25, -0.2) is 0 Å². The van der Waals surface area contributed by atoms with Crippen molar-refractivity contribution in [2.45, 2.75) is 26.5 Å². The summed E-state index contributed by atoms with van der Waals surface area (Å²) in [7, 11) is 0. The molecule has 0 spiro atoms. The first-order chi connectivity index (χ1) is 11.7. The van der Waals surface area contributed by atoms with Crippen molar-refractivity contribution in [1.82, 2.24) is 14.8 Å². The van der Waals surface area contributed by atoms with Crippen molar-refractivity contribution in [3.8, 4) is 17.1 Å². The largest absolute Gasteiger partial charge is 0.488 e. The van der Waals surface area contributed by atoms with Gasteiger partial charge in [0.2, 0.25) is 0 Å². The molecule has 122 valence electrons. The van der Waals surface area contributed by atoms with Crippen LogP contribution in [0.4, 0.5) is 0 Å². The number of aromatic nitrogens is 3. The van der Waals surface area contributed by atoms with Gasteiger partial charge in [0, 0.05) is 24.0 Å². The number of carbonyl (C=O) groups excluding carboxylic acids is 1. The molecule has 5 nitrogen and oxygen atoms in total. The van der Waals surface area contributed by atoms with Crippen LogP contribution in [0.1, 0.15) is 35.8 Å². The van der Waals surface area contributed by atoms with Gasteiger partial charge in [-0.1, -0.05) is 18.2 Å². The van der Waals surface area contributed by atoms with E-state index in [-0.39, 0.29) is 6.04 Å². The van der Waals surface area contributed by atoms with E-state index < -0.39 is 0 Å². The lowest BCUT2D eigenvalue weighted by Crippen LogP contribution is -2.08. The lowest BCUT2D eigenvalue weighted by molar-refractivity contribution is 0.111. The Labute approximate surface area is 140 Å². The Bertz CT molecular complexity index is 840. The number of hydrogen-bond acceptors (Lipinski definition) is 4. The van der Waals surface area contributed by atoms with Crippen molar-refractivity contribution in [3.63, 3.8) is 0 Å². The predicted octanol–water partition coefficient (Wildman–Crippen LogP) is 3.92. The van der Waals surface area contributed by atoms with Crippen LogP contribution >= 0.6 is 0 Å². The van der Waals surface area contributed by atoms with Crippen molar-refractivity contribution in [1.29, 1.82) is 0 Å². The number of ether oxygens (including phenoxy) is 1. The molecule has 24 heavy (non-hydrogen) atoms. The average Bonchev–Trinajstić information content (AvgIpc) is 3.10. The van der Waals surface area contributed by atoms with Crippen LogP contribution in [-0.4, -0.2) is 21.1 Å². The maximum absolute atomic E-state index is 11.1. The van der Waals surface area contributed by atoms with Crippen molar-refractivity contribution < 1.29 is 9.53 Å². The highest BCUT2D eigenvalue weighted by Crippen LogP contribution is 2.25. The number of hydrogen-bond donors (Lipinski definition) is 0. The number of aldehydes is 1. The second-order valence-corrected chi connectivity index (χ2v) is 5.71. The van der Waals surface area contributed by atoms with E-state index in [1.54, 1.807) is 24.5 Å². The molecule has 0 aliphatic carbocycles. The fourth-order valence-corrected chi connectivity index (χ4v) is 2.56. The van der Waals surface area contributed by atoms with Gasteiger partial charge in [0.15, 0.2) is 6.29 Å². The third-order valence-electron chi connectivity index (χ3n) is 3.72. The predicted molar refractivity (Wildman–Crippen MR) is 92.0 cm³/mol. The van der Waals surface area contributed by atoms with Crippen molar-refractivity contribution in [3.05, 3.63) is 66.0 Å². The first kappa shape index (κ1) is 15.9. The first-order valence-corrected chi connectivity index (χ1v) is 7.85. The van der Waals surface area contributed by atoms with Gasteiger partial charge in [-0.15, -0.1) is 0 Å². The van der Waals surface area contributed by atoms with E-state index in [2.05, 4.69) is 23.9 Å². The summed E-state index contributed by atoms with van der Waals surface area (Å²) < 4.78 is 7.79. The van der Waals surface area contributed by atoms with Crippen molar-refractivity contribution in [2.75, 3.05) is 0 Å². The average molecular weight is 321 g/mol. The third kappa shape index (κ3) is 3.20. The van der Waals surface area contributed by atoms with Gasteiger partial charge >= 0.3 is 0 Å². The maximum Gasteiger partial charge on any atom is 0.153 e. The zero-order valence-electron chi connectivity index (χ0n) is 13.7. The molecule has 0 N–H and O–H groups in total. The molecular formula is C19H19N3O2. The van der Waals surface area contributed by atoms with E-state index in [0.717, 1.165) is 23.2 Å². The molecule has 0 amide bonds. The number of benzene rings is 1. The Morgan fingerprint density at radius 3 is 2.75 bits per heavy atom. The van der Waals surface area contributed by atoms with Gasteiger partial charge < -0.3 is 4.74 Å². The number of pyridine rings is 1. The molecule has 3 aromatic rings. The standard InChI is InChI=1S/C19H19N3O2/c1-14(2)22-17(9-11-21-22)19-16(7-5-10-20-19)13-24-18-8-4-3-6-15(18)12-23/h3-12,14H,13H2,1-2H3. The molecule has 0 aliphatic heterocycles. The van der Waals surface area contributed by atoms with Crippen LogP contribution in [0.3, 0.4) is 0 Å². The summed E-state index contributed by atoms with van der Waals surface area (Å²) in [6.45, 7) is 4.49. The van der Waals surface area contributed by atoms with Gasteiger partial charge in [0.25, 0.3) is 0 Å². The molecule has 2 aromatic heterocycles. The van der Waals surface area contributed by atoms with Crippen LogP contribution in [0.15, 0.2) is 54.9 Å². The number of nitrogens with zero attached hydrogens (tertiary/aromatic N) is 3. The molecule has 5 heteroatoms. The normalized spacial score (nSPS) is 10.8. The molecule has 0 aliphatic rings. The molecule has 1 aromatic carbocycles. The van der Waals surface area contributed by atoms with Crippen molar-refractivity contribution >= 4 is 6.29 Å². The second-order valence-electron chi connectivity index (χ2n) is 5.71. The SMILES string of the molecule is CC(C)n1nccc1-c1ncccc1COc1ccccc1C=O. The summed E-state index contributed by atoms with van der Waals surface area (Å²) in [5, 5.41) is 4.37. The van der Waals surface area contributed by atoms with E-state index in [0.29, 0.717) is 17.9 Å². The molecule has 0 unspecified atom stereocenters. The summed E-state index contributed by atoms with van der Waals surface area (Å²) >= 11 is 0. The van der Waals surface area contributed by atoms with Gasteiger partial charge in [0.1, 0.15) is 12.4 Å². The Morgan fingerprint density at radius 2 is 1.96 bits per heavy atom. The lowest BCUT2D eigenvalue weighted by Gasteiger charge is -2.14. The van der Waals surface area contributed by atoms with Gasteiger partial charge in [-0.3, -0.25) is 14.5 Å². The molecule has 0 fully saturated rings. The molecule has 3 rings (SSSR count). The molecule has 0 saturated heterocycles. The topological polar surface area (TPSA) is 57.0 Å². The zero-order chi connectivity index (χ0) is 16.9. The van der Waals surface area contributed by atoms with Crippen LogP contribution in [0, 0.1) is 0 Å². The van der Waals surface area contributed by atoms with Crippen LogP contribution in [0.5, 0.6) is 5.75 Å². The highest BCUT2D eigenvalue weighted by molar-refractivity contribution is 5.79. The summed E-state index contributed by atoms with van der Waals surface area (Å²) in [4.78, 5) is 15.6. The lowest BCUT2D eigenvalue weighted by atomic mass is 10.1. The van der Waals surface area contributed by atoms with Crippen molar-refractivity contribution in [2.24, 2.45) is 0 Å². The van der Waals surface area contributed by atoms with Gasteiger partial charge in [-0.05, 0) is 38.1 Å². The fraction of sp³-hybridized carbons (Fsp3) is 0.211. The summed E-state index contributed by atoms with van der Waals surface area (Å²) in [6, 6.07) is 13.2. The van der Waals surface area contributed by atoms with E-state index in [4.69, 9.17) is 4.74 Å². The van der Waals surface area contributed by atoms with E-state index in [9.17, 15) is 4.79 Å². The Morgan fingerprint density at radius 1 is 1.12 bits per heavy atom. The Kier molecular flexibility index (Phi) is 4.70. The summed E-state index contributed by atoms with van der Waals surface area (Å²) in [6.07, 6.45) is 4.33. The highest BCUT2D eigenvalue weighted by atomic mass is 16.5. The first-order valence-electron chi connectivity index (χ1n) is 7.85. The van der Waals surface area contributed by atoms with E-state index in [1.807, 2.05) is 35.0 Å². The molecular weight excluding hydrogens is 302 g/mol. The summed E-state index contributed by atoms with van der Waals surface area (Å²) in [5.41, 5.74) is 3.27. The fourth-order valence-electron chi connectivity index (χ4n) is 2.56. The van der Waals surface area contributed by atoms with Gasteiger partial charge in [-0.2, -0.15) is 5.10 Å². The van der Waals surface area contributed by atoms with Gasteiger partial charge in [0.05, 0.1) is 17.0 Å². The number of rotatable bonds is 6. The quantitative estimate of drug-likeness (QED) is 0.646. The van der Waals surface area contributed by atoms with Crippen LogP contribution in [0.25, 0.3) is 11.4 Å². The summed E-state index contributed by atoms with van der Waals surface area (Å²) in [5.74, 6) is 0.569. The maximum atomic E-state index is 11.1. The van der Waals surface area contributed by atoms with E-state index >= 15 is 0 Å². The molecule has 0 saturated carbocycles. The van der Waals surface area contributed by atoms with Crippen LogP contribution in [0.2, 0.25) is 0 Å². The minimum absolute atomic E-state index is 0.238. The Hall–Kier alpha value is -2.95. The number of carbonyl (C=O) groups is 1. The molecule has 2 heterocycles. The highest BCUT2D eigenvalue weighted by Gasteiger charge is 2.14.